The first-order valence-electron chi connectivity index (χ1n) is 7.68. The standard InChI is InChI=1S/C18H18BrNO2/c19-11-3-1-2-4-12-20-17(21)14-9-5-7-13-8-6-10-15(16(13)14)18(20)22/h5-10H,1-4,11-12H2. The van der Waals surface area contributed by atoms with E-state index in [1.165, 1.54) is 4.90 Å². The minimum absolute atomic E-state index is 0.158. The monoisotopic (exact) mass is 359 g/mol. The zero-order valence-electron chi connectivity index (χ0n) is 12.3. The minimum Gasteiger partial charge on any atom is -0.274 e. The van der Waals surface area contributed by atoms with Gasteiger partial charge in [-0.3, -0.25) is 14.5 Å². The molecule has 0 aliphatic carbocycles. The van der Waals surface area contributed by atoms with Crippen molar-refractivity contribution in [2.75, 3.05) is 11.9 Å². The summed E-state index contributed by atoms with van der Waals surface area (Å²) in [6.07, 6.45) is 4.15. The predicted molar refractivity (Wildman–Crippen MR) is 91.6 cm³/mol. The van der Waals surface area contributed by atoms with Gasteiger partial charge in [-0.2, -0.15) is 0 Å². The highest BCUT2D eigenvalue weighted by atomic mass is 79.9. The Morgan fingerprint density at radius 3 is 2.00 bits per heavy atom. The van der Waals surface area contributed by atoms with Gasteiger partial charge in [0.25, 0.3) is 11.8 Å². The van der Waals surface area contributed by atoms with Gasteiger partial charge in [0.2, 0.25) is 0 Å². The van der Waals surface area contributed by atoms with E-state index in [9.17, 15) is 9.59 Å². The van der Waals surface area contributed by atoms with Crippen LogP contribution in [-0.4, -0.2) is 28.6 Å². The zero-order chi connectivity index (χ0) is 15.5. The predicted octanol–water partition coefficient (Wildman–Crippen LogP) is 4.39. The van der Waals surface area contributed by atoms with Crippen LogP contribution in [0.1, 0.15) is 46.4 Å². The summed E-state index contributed by atoms with van der Waals surface area (Å²) in [5, 5.41) is 2.76. The van der Waals surface area contributed by atoms with Crippen molar-refractivity contribution in [2.45, 2.75) is 25.7 Å². The lowest BCUT2D eigenvalue weighted by Crippen LogP contribution is -2.40. The largest absolute Gasteiger partial charge is 0.274 e. The molecule has 0 saturated carbocycles. The zero-order valence-corrected chi connectivity index (χ0v) is 13.9. The minimum atomic E-state index is -0.158. The number of hydrogen-bond donors (Lipinski definition) is 0. The van der Waals surface area contributed by atoms with E-state index < -0.39 is 0 Å². The third-order valence-corrected chi connectivity index (χ3v) is 4.68. The van der Waals surface area contributed by atoms with Gasteiger partial charge in [-0.1, -0.05) is 53.0 Å². The molecule has 1 aliphatic rings. The number of carbonyl (C=O) groups is 2. The van der Waals surface area contributed by atoms with Crippen molar-refractivity contribution in [3.63, 3.8) is 0 Å². The summed E-state index contributed by atoms with van der Waals surface area (Å²) in [7, 11) is 0. The van der Waals surface area contributed by atoms with Crippen LogP contribution in [0.15, 0.2) is 36.4 Å². The number of imide groups is 1. The van der Waals surface area contributed by atoms with E-state index in [4.69, 9.17) is 0 Å². The maximum absolute atomic E-state index is 12.6. The third-order valence-electron chi connectivity index (χ3n) is 4.12. The number of amides is 2. The van der Waals surface area contributed by atoms with Crippen LogP contribution in [0.4, 0.5) is 0 Å². The van der Waals surface area contributed by atoms with Crippen LogP contribution in [0.2, 0.25) is 0 Å². The van der Waals surface area contributed by atoms with Crippen molar-refractivity contribution < 1.29 is 9.59 Å². The molecule has 3 rings (SSSR count). The van der Waals surface area contributed by atoms with E-state index in [0.717, 1.165) is 41.8 Å². The van der Waals surface area contributed by atoms with Crippen LogP contribution in [-0.2, 0) is 0 Å². The number of nitrogens with zero attached hydrogens (tertiary/aromatic N) is 1. The lowest BCUT2D eigenvalue weighted by Gasteiger charge is -2.27. The van der Waals surface area contributed by atoms with E-state index in [-0.39, 0.29) is 11.8 Å². The first kappa shape index (κ1) is 15.2. The van der Waals surface area contributed by atoms with E-state index in [1.807, 2.05) is 36.4 Å². The number of alkyl halides is 1. The van der Waals surface area contributed by atoms with Crippen molar-refractivity contribution in [2.24, 2.45) is 0 Å². The fourth-order valence-corrected chi connectivity index (χ4v) is 3.40. The molecule has 22 heavy (non-hydrogen) atoms. The van der Waals surface area contributed by atoms with Crippen LogP contribution >= 0.6 is 15.9 Å². The second kappa shape index (κ2) is 6.61. The van der Waals surface area contributed by atoms with Gasteiger partial charge < -0.3 is 0 Å². The van der Waals surface area contributed by atoms with Crippen LogP contribution in [0, 0.1) is 0 Å². The number of halogens is 1. The molecule has 0 atom stereocenters. The Bertz CT molecular complexity index is 675. The van der Waals surface area contributed by atoms with Crippen molar-refractivity contribution >= 4 is 38.5 Å². The van der Waals surface area contributed by atoms with Gasteiger partial charge in [-0.25, -0.2) is 0 Å². The summed E-state index contributed by atoms with van der Waals surface area (Å²) in [5.74, 6) is -0.315. The second-order valence-electron chi connectivity index (χ2n) is 5.57. The molecule has 2 aromatic carbocycles. The maximum atomic E-state index is 12.6. The molecule has 1 heterocycles. The Hall–Kier alpha value is -1.68. The van der Waals surface area contributed by atoms with Crippen molar-refractivity contribution in [1.29, 1.82) is 0 Å². The Morgan fingerprint density at radius 2 is 1.41 bits per heavy atom. The van der Waals surface area contributed by atoms with Gasteiger partial charge in [0.15, 0.2) is 0 Å². The Balaban J connectivity index is 1.85. The molecular weight excluding hydrogens is 342 g/mol. The van der Waals surface area contributed by atoms with Crippen molar-refractivity contribution in [1.82, 2.24) is 4.90 Å². The number of carbonyl (C=O) groups excluding carboxylic acids is 2. The van der Waals surface area contributed by atoms with E-state index in [2.05, 4.69) is 15.9 Å². The van der Waals surface area contributed by atoms with Crippen LogP contribution in [0.3, 0.4) is 0 Å². The van der Waals surface area contributed by atoms with Gasteiger partial charge in [0, 0.05) is 28.4 Å². The Labute approximate surface area is 138 Å². The summed E-state index contributed by atoms with van der Waals surface area (Å²) in [6.45, 7) is 0.505. The van der Waals surface area contributed by atoms with Crippen LogP contribution in [0.5, 0.6) is 0 Å². The Kier molecular flexibility index (Phi) is 4.57. The Morgan fingerprint density at radius 1 is 0.818 bits per heavy atom. The number of rotatable bonds is 6. The molecule has 0 unspecified atom stereocenters. The van der Waals surface area contributed by atoms with Crippen LogP contribution < -0.4 is 0 Å². The van der Waals surface area contributed by atoms with Gasteiger partial charge in [-0.15, -0.1) is 0 Å². The van der Waals surface area contributed by atoms with E-state index in [0.29, 0.717) is 17.7 Å². The summed E-state index contributed by atoms with van der Waals surface area (Å²) in [4.78, 5) is 26.7. The highest BCUT2D eigenvalue weighted by Gasteiger charge is 2.31. The second-order valence-corrected chi connectivity index (χ2v) is 6.37. The quantitative estimate of drug-likeness (QED) is 0.435. The SMILES string of the molecule is O=C1c2cccc3cccc(c23)C(=O)N1CCCCCCBr. The van der Waals surface area contributed by atoms with E-state index in [1.54, 1.807) is 0 Å². The summed E-state index contributed by atoms with van der Waals surface area (Å²) >= 11 is 3.41. The van der Waals surface area contributed by atoms with E-state index >= 15 is 0 Å². The smallest absolute Gasteiger partial charge is 0.261 e. The molecule has 2 amide bonds. The van der Waals surface area contributed by atoms with Crippen LogP contribution in [0.25, 0.3) is 10.8 Å². The highest BCUT2D eigenvalue weighted by Crippen LogP contribution is 2.30. The molecule has 0 saturated heterocycles. The number of hydrogen-bond acceptors (Lipinski definition) is 2. The summed E-state index contributed by atoms with van der Waals surface area (Å²) in [5.41, 5.74) is 1.29. The summed E-state index contributed by atoms with van der Waals surface area (Å²) < 4.78 is 0. The normalized spacial score (nSPS) is 14.0. The maximum Gasteiger partial charge on any atom is 0.261 e. The molecule has 0 fully saturated rings. The van der Waals surface area contributed by atoms with Gasteiger partial charge >= 0.3 is 0 Å². The fourth-order valence-electron chi connectivity index (χ4n) is 3.00. The molecule has 0 bridgehead atoms. The molecule has 3 nitrogen and oxygen atoms in total. The fraction of sp³-hybridized carbons (Fsp3) is 0.333. The molecule has 0 N–H and O–H groups in total. The number of unbranched alkanes of at least 4 members (excludes halogenated alkanes) is 3. The molecule has 0 radical (unpaired) electrons. The molecule has 1 aliphatic heterocycles. The number of benzene rings is 2. The first-order chi connectivity index (χ1) is 10.7. The van der Waals surface area contributed by atoms with Gasteiger partial charge in [-0.05, 0) is 30.4 Å². The average molecular weight is 360 g/mol. The van der Waals surface area contributed by atoms with Gasteiger partial charge in [0.05, 0.1) is 0 Å². The third kappa shape index (κ3) is 2.68. The molecule has 114 valence electrons. The molecule has 0 spiro atoms. The molecule has 0 aromatic heterocycles. The average Bonchev–Trinajstić information content (AvgIpc) is 2.55. The molecule has 2 aromatic rings. The first-order valence-corrected chi connectivity index (χ1v) is 8.80. The molecular formula is C18H18BrNO2. The topological polar surface area (TPSA) is 37.4 Å². The van der Waals surface area contributed by atoms with Crippen molar-refractivity contribution in [3.05, 3.63) is 47.5 Å². The van der Waals surface area contributed by atoms with Crippen molar-refractivity contribution in [3.8, 4) is 0 Å². The molecule has 4 heteroatoms. The van der Waals surface area contributed by atoms with Gasteiger partial charge in [0.1, 0.15) is 0 Å². The highest BCUT2D eigenvalue weighted by molar-refractivity contribution is 9.09. The summed E-state index contributed by atoms with van der Waals surface area (Å²) in [6, 6.07) is 11.3. The lowest BCUT2D eigenvalue weighted by molar-refractivity contribution is 0.0608. The lowest BCUT2D eigenvalue weighted by atomic mass is 9.94.